The first-order chi connectivity index (χ1) is 17.9. The van der Waals surface area contributed by atoms with Crippen molar-refractivity contribution in [1.29, 1.82) is 0 Å². The van der Waals surface area contributed by atoms with Gasteiger partial charge in [-0.3, -0.25) is 4.79 Å². The maximum Gasteiger partial charge on any atom is 0.227 e. The lowest BCUT2D eigenvalue weighted by Crippen LogP contribution is -2.43. The van der Waals surface area contributed by atoms with Crippen molar-refractivity contribution in [3.63, 3.8) is 0 Å². The SMILES string of the molecule is COc1ccc(CC2(CN(C)CCCN3CCc4cc(OC)c(OC)cc4CC3=O)CCC2)cc1OC. The van der Waals surface area contributed by atoms with Crippen molar-refractivity contribution in [3.05, 3.63) is 47.0 Å². The molecule has 1 amide bonds. The zero-order valence-corrected chi connectivity index (χ0v) is 23.1. The van der Waals surface area contributed by atoms with E-state index < -0.39 is 0 Å². The van der Waals surface area contributed by atoms with Gasteiger partial charge in [0.2, 0.25) is 5.91 Å². The van der Waals surface area contributed by atoms with Gasteiger partial charge in [-0.05, 0) is 92.1 Å². The van der Waals surface area contributed by atoms with Crippen LogP contribution in [-0.2, 0) is 24.1 Å². The molecule has 7 heteroatoms. The highest BCUT2D eigenvalue weighted by Crippen LogP contribution is 2.45. The van der Waals surface area contributed by atoms with Crippen LogP contribution in [0.1, 0.15) is 42.4 Å². The van der Waals surface area contributed by atoms with Crippen LogP contribution in [0.4, 0.5) is 0 Å². The first-order valence-corrected chi connectivity index (χ1v) is 13.3. The van der Waals surface area contributed by atoms with Crippen LogP contribution in [0, 0.1) is 5.41 Å². The Balaban J connectivity index is 1.29. The van der Waals surface area contributed by atoms with Gasteiger partial charge in [0.15, 0.2) is 23.0 Å². The third-order valence-electron chi connectivity index (χ3n) is 8.07. The van der Waals surface area contributed by atoms with Crippen LogP contribution < -0.4 is 18.9 Å². The van der Waals surface area contributed by atoms with E-state index in [0.29, 0.717) is 17.6 Å². The molecule has 7 nitrogen and oxygen atoms in total. The molecule has 0 bridgehead atoms. The summed E-state index contributed by atoms with van der Waals surface area (Å²) in [6.45, 7) is 3.58. The summed E-state index contributed by atoms with van der Waals surface area (Å²) in [5, 5.41) is 0. The van der Waals surface area contributed by atoms with Crippen molar-refractivity contribution in [1.82, 2.24) is 9.80 Å². The maximum atomic E-state index is 13.0. The number of fused-ring (bicyclic) bond motifs is 1. The molecule has 202 valence electrons. The molecule has 0 radical (unpaired) electrons. The maximum absolute atomic E-state index is 13.0. The van der Waals surface area contributed by atoms with Gasteiger partial charge in [0.05, 0.1) is 34.9 Å². The Morgan fingerprint density at radius 2 is 1.54 bits per heavy atom. The van der Waals surface area contributed by atoms with Crippen molar-refractivity contribution < 1.29 is 23.7 Å². The predicted octanol–water partition coefficient (Wildman–Crippen LogP) is 4.38. The second kappa shape index (κ2) is 12.1. The number of hydrogen-bond acceptors (Lipinski definition) is 6. The summed E-state index contributed by atoms with van der Waals surface area (Å²) in [5.41, 5.74) is 3.83. The molecule has 1 heterocycles. The summed E-state index contributed by atoms with van der Waals surface area (Å²) >= 11 is 0. The van der Waals surface area contributed by atoms with Crippen LogP contribution in [0.3, 0.4) is 0 Å². The van der Waals surface area contributed by atoms with Gasteiger partial charge in [0, 0.05) is 19.6 Å². The molecule has 0 spiro atoms. The van der Waals surface area contributed by atoms with Crippen LogP contribution in [0.15, 0.2) is 30.3 Å². The standard InChI is InChI=1S/C30H42N2O5/c1-31(21-30(11-6-12-30)20-22-8-9-25(34-2)26(16-22)35-3)13-7-14-32-15-10-23-17-27(36-4)28(37-5)18-24(23)19-29(32)33/h8-9,16-18H,6-7,10-15,19-21H2,1-5H3. The highest BCUT2D eigenvalue weighted by molar-refractivity contribution is 5.80. The van der Waals surface area contributed by atoms with E-state index in [4.69, 9.17) is 18.9 Å². The third kappa shape index (κ3) is 6.32. The summed E-state index contributed by atoms with van der Waals surface area (Å²) in [7, 11) is 8.86. The number of methoxy groups -OCH3 is 4. The summed E-state index contributed by atoms with van der Waals surface area (Å²) < 4.78 is 21.8. The molecule has 0 atom stereocenters. The molecule has 1 aliphatic heterocycles. The van der Waals surface area contributed by atoms with Gasteiger partial charge in [0.25, 0.3) is 0 Å². The highest BCUT2D eigenvalue weighted by atomic mass is 16.5. The van der Waals surface area contributed by atoms with Crippen molar-refractivity contribution in [2.45, 2.75) is 44.9 Å². The number of benzene rings is 2. The fourth-order valence-corrected chi connectivity index (χ4v) is 5.93. The topological polar surface area (TPSA) is 60.5 Å². The number of nitrogens with zero attached hydrogens (tertiary/aromatic N) is 2. The molecular weight excluding hydrogens is 468 g/mol. The second-order valence-corrected chi connectivity index (χ2v) is 10.6. The Morgan fingerprint density at radius 1 is 0.892 bits per heavy atom. The minimum Gasteiger partial charge on any atom is -0.493 e. The van der Waals surface area contributed by atoms with Crippen LogP contribution in [0.25, 0.3) is 0 Å². The molecule has 1 aliphatic carbocycles. The van der Waals surface area contributed by atoms with E-state index >= 15 is 0 Å². The molecule has 2 aromatic rings. The fourth-order valence-electron chi connectivity index (χ4n) is 5.93. The van der Waals surface area contributed by atoms with Crippen LogP contribution in [0.2, 0.25) is 0 Å². The quantitative estimate of drug-likeness (QED) is 0.422. The van der Waals surface area contributed by atoms with Crippen molar-refractivity contribution in [3.8, 4) is 23.0 Å². The molecule has 2 aliphatic rings. The van der Waals surface area contributed by atoms with Crippen molar-refractivity contribution in [2.75, 3.05) is 61.7 Å². The summed E-state index contributed by atoms with van der Waals surface area (Å²) in [6, 6.07) is 10.3. The first-order valence-electron chi connectivity index (χ1n) is 13.3. The Hall–Kier alpha value is -2.93. The van der Waals surface area contributed by atoms with E-state index in [1.165, 1.54) is 30.4 Å². The predicted molar refractivity (Wildman–Crippen MR) is 145 cm³/mol. The van der Waals surface area contributed by atoms with Gasteiger partial charge in [-0.2, -0.15) is 0 Å². The second-order valence-electron chi connectivity index (χ2n) is 10.6. The van der Waals surface area contributed by atoms with Crippen LogP contribution in [0.5, 0.6) is 23.0 Å². The van der Waals surface area contributed by atoms with Gasteiger partial charge in [-0.25, -0.2) is 0 Å². The molecule has 37 heavy (non-hydrogen) atoms. The van der Waals surface area contributed by atoms with E-state index in [9.17, 15) is 4.79 Å². The monoisotopic (exact) mass is 510 g/mol. The Morgan fingerprint density at radius 3 is 2.16 bits per heavy atom. The lowest BCUT2D eigenvalue weighted by Gasteiger charge is -2.45. The Bertz CT molecular complexity index is 1080. The van der Waals surface area contributed by atoms with Crippen molar-refractivity contribution >= 4 is 5.91 Å². The number of ether oxygens (including phenoxy) is 4. The normalized spacial score (nSPS) is 16.6. The van der Waals surface area contributed by atoms with E-state index in [0.717, 1.165) is 68.3 Å². The number of hydrogen-bond donors (Lipinski definition) is 0. The minimum atomic E-state index is 0.192. The molecule has 2 aromatic carbocycles. The summed E-state index contributed by atoms with van der Waals surface area (Å²) in [4.78, 5) is 17.5. The Kier molecular flexibility index (Phi) is 8.85. The summed E-state index contributed by atoms with van der Waals surface area (Å²) in [5.74, 6) is 3.17. The number of amides is 1. The van der Waals surface area contributed by atoms with Crippen molar-refractivity contribution in [2.24, 2.45) is 5.41 Å². The van der Waals surface area contributed by atoms with E-state index in [2.05, 4.69) is 24.1 Å². The highest BCUT2D eigenvalue weighted by Gasteiger charge is 2.38. The molecular formula is C30H42N2O5. The largest absolute Gasteiger partial charge is 0.493 e. The van der Waals surface area contributed by atoms with E-state index in [1.807, 2.05) is 23.1 Å². The molecule has 4 rings (SSSR count). The molecule has 1 fully saturated rings. The lowest BCUT2D eigenvalue weighted by molar-refractivity contribution is -0.130. The zero-order chi connectivity index (χ0) is 26.4. The molecule has 0 N–H and O–H groups in total. The van der Waals surface area contributed by atoms with Gasteiger partial charge in [-0.1, -0.05) is 12.5 Å². The van der Waals surface area contributed by atoms with E-state index in [1.54, 1.807) is 28.4 Å². The number of carbonyl (C=O) groups is 1. The average molecular weight is 511 g/mol. The van der Waals surface area contributed by atoms with Crippen LogP contribution in [-0.4, -0.2) is 77.4 Å². The number of rotatable bonds is 12. The average Bonchev–Trinajstić information content (AvgIpc) is 3.03. The van der Waals surface area contributed by atoms with Gasteiger partial charge < -0.3 is 28.7 Å². The summed E-state index contributed by atoms with van der Waals surface area (Å²) in [6.07, 6.45) is 7.07. The van der Waals surface area contributed by atoms with Gasteiger partial charge in [-0.15, -0.1) is 0 Å². The first kappa shape index (κ1) is 27.1. The van der Waals surface area contributed by atoms with E-state index in [-0.39, 0.29) is 5.91 Å². The number of carbonyl (C=O) groups excluding carboxylic acids is 1. The fraction of sp³-hybridized carbons (Fsp3) is 0.567. The molecule has 0 saturated heterocycles. The van der Waals surface area contributed by atoms with Crippen LogP contribution >= 0.6 is 0 Å². The third-order valence-corrected chi connectivity index (χ3v) is 8.07. The van der Waals surface area contributed by atoms with Gasteiger partial charge >= 0.3 is 0 Å². The lowest BCUT2D eigenvalue weighted by atomic mass is 9.65. The van der Waals surface area contributed by atoms with Gasteiger partial charge in [0.1, 0.15) is 0 Å². The minimum absolute atomic E-state index is 0.192. The Labute approximate surface area is 221 Å². The zero-order valence-electron chi connectivity index (χ0n) is 23.1. The molecule has 0 unspecified atom stereocenters. The molecule has 1 saturated carbocycles. The smallest absolute Gasteiger partial charge is 0.227 e. The molecule has 0 aromatic heterocycles.